The van der Waals surface area contributed by atoms with Crippen molar-refractivity contribution in [2.24, 2.45) is 0 Å². The lowest BCUT2D eigenvalue weighted by Gasteiger charge is -2.29. The molecule has 0 aliphatic carbocycles. The van der Waals surface area contributed by atoms with E-state index in [0.717, 1.165) is 5.56 Å². The third kappa shape index (κ3) is 3.02. The van der Waals surface area contributed by atoms with Gasteiger partial charge in [0.25, 0.3) is 11.8 Å². The first-order valence-electron chi connectivity index (χ1n) is 8.60. The first-order valence-corrected chi connectivity index (χ1v) is 8.60. The molecule has 1 aliphatic heterocycles. The van der Waals surface area contributed by atoms with Crippen LogP contribution in [0.5, 0.6) is 5.75 Å². The minimum absolute atomic E-state index is 0.118. The van der Waals surface area contributed by atoms with Crippen molar-refractivity contribution in [3.05, 3.63) is 95.1 Å². The van der Waals surface area contributed by atoms with Crippen LogP contribution < -0.4 is 4.90 Å². The third-order valence-electron chi connectivity index (χ3n) is 4.53. The lowest BCUT2D eigenvalue weighted by molar-refractivity contribution is -0.112. The van der Waals surface area contributed by atoms with E-state index in [-0.39, 0.29) is 17.6 Å². The van der Waals surface area contributed by atoms with Crippen molar-refractivity contribution in [2.45, 2.75) is 6.92 Å². The van der Waals surface area contributed by atoms with E-state index in [4.69, 9.17) is 0 Å². The molecule has 0 spiro atoms. The maximum absolute atomic E-state index is 13.3. The minimum Gasteiger partial charge on any atom is -0.508 e. The van der Waals surface area contributed by atoms with Gasteiger partial charge in [0.2, 0.25) is 0 Å². The van der Waals surface area contributed by atoms with E-state index in [1.54, 1.807) is 60.7 Å². The Morgan fingerprint density at radius 3 is 2.30 bits per heavy atom. The van der Waals surface area contributed by atoms with E-state index in [0.29, 0.717) is 28.0 Å². The van der Waals surface area contributed by atoms with E-state index in [9.17, 15) is 14.7 Å². The molecule has 0 aromatic heterocycles. The molecule has 1 aliphatic rings. The van der Waals surface area contributed by atoms with Gasteiger partial charge in [-0.15, -0.1) is 0 Å². The summed E-state index contributed by atoms with van der Waals surface area (Å²) in [5.41, 5.74) is 3.68. The number of hydrogen-bond acceptors (Lipinski definition) is 3. The second-order valence-electron chi connectivity index (χ2n) is 6.48. The van der Waals surface area contributed by atoms with Crippen molar-refractivity contribution in [3.63, 3.8) is 0 Å². The number of hydrogen-bond donors (Lipinski definition) is 1. The number of carbonyl (C=O) groups excluding carboxylic acids is 2. The normalized spacial score (nSPS) is 15.1. The van der Waals surface area contributed by atoms with Gasteiger partial charge in [-0.1, -0.05) is 42.5 Å². The van der Waals surface area contributed by atoms with Gasteiger partial charge in [-0.05, 0) is 60.0 Å². The van der Waals surface area contributed by atoms with Crippen molar-refractivity contribution in [1.29, 1.82) is 0 Å². The highest BCUT2D eigenvalue weighted by atomic mass is 16.3. The summed E-state index contributed by atoms with van der Waals surface area (Å²) in [5, 5.41) is 9.73. The number of carbonyl (C=O) groups is 2. The smallest absolute Gasteiger partial charge is 0.265 e. The maximum atomic E-state index is 13.3. The molecule has 0 radical (unpaired) electrons. The highest BCUT2D eigenvalue weighted by Gasteiger charge is 2.35. The molecule has 4 heteroatoms. The number of anilines is 1. The van der Waals surface area contributed by atoms with Gasteiger partial charge >= 0.3 is 0 Å². The molecule has 132 valence electrons. The summed E-state index contributed by atoms with van der Waals surface area (Å²) in [7, 11) is 0. The van der Waals surface area contributed by atoms with Crippen LogP contribution in [0.25, 0.3) is 11.6 Å². The van der Waals surface area contributed by atoms with Gasteiger partial charge in [-0.25, -0.2) is 4.90 Å². The largest absolute Gasteiger partial charge is 0.508 e. The van der Waals surface area contributed by atoms with Crippen molar-refractivity contribution >= 4 is 29.2 Å². The number of rotatable bonds is 2. The number of aromatic hydroxyl groups is 1. The predicted octanol–water partition coefficient (Wildman–Crippen LogP) is 4.43. The lowest BCUT2D eigenvalue weighted by atomic mass is 9.91. The molecular weight excluding hydrogens is 338 g/mol. The summed E-state index contributed by atoms with van der Waals surface area (Å²) in [6, 6.07) is 21.1. The van der Waals surface area contributed by atoms with Crippen LogP contribution in [0.15, 0.2) is 72.8 Å². The number of amides is 2. The number of benzene rings is 3. The fraction of sp³-hybridized carbons (Fsp3) is 0.0435. The summed E-state index contributed by atoms with van der Waals surface area (Å²) < 4.78 is 0. The average molecular weight is 355 g/mol. The molecule has 3 aromatic rings. The molecule has 3 aromatic carbocycles. The Bertz CT molecular complexity index is 1100. The monoisotopic (exact) mass is 355 g/mol. The zero-order valence-electron chi connectivity index (χ0n) is 14.7. The SMILES string of the molecule is Cc1cccc(N2C(=O)C(=Cc3cccc(O)c3)c3ccccc3C2=O)c1. The van der Waals surface area contributed by atoms with E-state index >= 15 is 0 Å². The Balaban J connectivity index is 1.91. The Hall–Kier alpha value is -3.66. The zero-order valence-corrected chi connectivity index (χ0v) is 14.7. The summed E-state index contributed by atoms with van der Waals surface area (Å²) >= 11 is 0. The molecule has 2 amide bonds. The zero-order chi connectivity index (χ0) is 19.0. The minimum atomic E-state index is -0.382. The third-order valence-corrected chi connectivity index (χ3v) is 4.53. The average Bonchev–Trinajstić information content (AvgIpc) is 2.65. The second-order valence-corrected chi connectivity index (χ2v) is 6.48. The number of imide groups is 1. The van der Waals surface area contributed by atoms with Crippen LogP contribution in [0.1, 0.15) is 27.0 Å². The number of phenols is 1. The van der Waals surface area contributed by atoms with Crippen LogP contribution in [0.3, 0.4) is 0 Å². The topological polar surface area (TPSA) is 57.6 Å². The molecule has 0 bridgehead atoms. The van der Waals surface area contributed by atoms with Crippen LogP contribution >= 0.6 is 0 Å². The molecule has 0 unspecified atom stereocenters. The fourth-order valence-electron chi connectivity index (χ4n) is 3.28. The van der Waals surface area contributed by atoms with Crippen LogP contribution in [0, 0.1) is 6.92 Å². The molecule has 1 heterocycles. The van der Waals surface area contributed by atoms with E-state index in [1.807, 2.05) is 25.1 Å². The summed E-state index contributed by atoms with van der Waals surface area (Å²) in [6.45, 7) is 1.92. The summed E-state index contributed by atoms with van der Waals surface area (Å²) in [5.74, 6) is -0.602. The molecule has 0 saturated carbocycles. The second kappa shape index (κ2) is 6.57. The molecule has 4 nitrogen and oxygen atoms in total. The van der Waals surface area contributed by atoms with Crippen LogP contribution in [0.2, 0.25) is 0 Å². The predicted molar refractivity (Wildman–Crippen MR) is 105 cm³/mol. The van der Waals surface area contributed by atoms with E-state index in [1.165, 1.54) is 4.90 Å². The van der Waals surface area contributed by atoms with E-state index < -0.39 is 0 Å². The Kier molecular flexibility index (Phi) is 4.09. The summed E-state index contributed by atoms with van der Waals surface area (Å²) in [4.78, 5) is 27.5. The maximum Gasteiger partial charge on any atom is 0.265 e. The van der Waals surface area contributed by atoms with E-state index in [2.05, 4.69) is 0 Å². The first kappa shape index (κ1) is 16.8. The van der Waals surface area contributed by atoms with Crippen molar-refractivity contribution < 1.29 is 14.7 Å². The van der Waals surface area contributed by atoms with Crippen molar-refractivity contribution in [1.82, 2.24) is 0 Å². The molecule has 4 rings (SSSR count). The Morgan fingerprint density at radius 1 is 0.815 bits per heavy atom. The Morgan fingerprint density at radius 2 is 1.56 bits per heavy atom. The quantitative estimate of drug-likeness (QED) is 0.546. The van der Waals surface area contributed by atoms with Gasteiger partial charge in [0.05, 0.1) is 5.69 Å². The molecule has 27 heavy (non-hydrogen) atoms. The molecule has 0 saturated heterocycles. The van der Waals surface area contributed by atoms with Gasteiger partial charge in [0.15, 0.2) is 0 Å². The fourth-order valence-corrected chi connectivity index (χ4v) is 3.28. The standard InChI is InChI=1S/C23H17NO3/c1-15-6-4-8-17(12-15)24-22(26)20-11-3-2-10-19(20)21(23(24)27)14-16-7-5-9-18(25)13-16/h2-14,25H,1H3. The van der Waals surface area contributed by atoms with Gasteiger partial charge in [-0.2, -0.15) is 0 Å². The van der Waals surface area contributed by atoms with Gasteiger partial charge in [-0.3, -0.25) is 9.59 Å². The molecule has 0 fully saturated rings. The van der Waals surface area contributed by atoms with Gasteiger partial charge in [0.1, 0.15) is 5.75 Å². The van der Waals surface area contributed by atoms with Crippen LogP contribution in [-0.2, 0) is 4.79 Å². The van der Waals surface area contributed by atoms with Gasteiger partial charge in [0, 0.05) is 11.1 Å². The molecule has 0 atom stereocenters. The number of fused-ring (bicyclic) bond motifs is 1. The van der Waals surface area contributed by atoms with Crippen molar-refractivity contribution in [2.75, 3.05) is 4.90 Å². The first-order chi connectivity index (χ1) is 13.0. The Labute approximate surface area is 157 Å². The van der Waals surface area contributed by atoms with Crippen molar-refractivity contribution in [3.8, 4) is 5.75 Å². The summed E-state index contributed by atoms with van der Waals surface area (Å²) in [6.07, 6.45) is 1.70. The highest BCUT2D eigenvalue weighted by molar-refractivity contribution is 6.43. The molecular formula is C23H17NO3. The van der Waals surface area contributed by atoms with Gasteiger partial charge < -0.3 is 5.11 Å². The van der Waals surface area contributed by atoms with Crippen LogP contribution in [-0.4, -0.2) is 16.9 Å². The highest BCUT2D eigenvalue weighted by Crippen LogP contribution is 2.33. The molecule has 1 N–H and O–H groups in total. The number of phenolic OH excluding ortho intramolecular Hbond substituents is 1. The number of nitrogens with zero attached hydrogens (tertiary/aromatic N) is 1. The van der Waals surface area contributed by atoms with Crippen LogP contribution in [0.4, 0.5) is 5.69 Å². The lowest BCUT2D eigenvalue weighted by Crippen LogP contribution is -2.41. The number of aryl methyl sites for hydroxylation is 1.